The SMILES string of the molecule is CC(N)Cc1ccc(Sc2ncccn2)c(Br)c1. The highest BCUT2D eigenvalue weighted by Gasteiger charge is 2.06. The highest BCUT2D eigenvalue weighted by molar-refractivity contribution is 9.10. The van der Waals surface area contributed by atoms with Crippen molar-refractivity contribution in [2.24, 2.45) is 5.73 Å². The van der Waals surface area contributed by atoms with E-state index in [4.69, 9.17) is 5.73 Å². The molecule has 3 nitrogen and oxygen atoms in total. The number of aromatic nitrogens is 2. The Balaban J connectivity index is 2.15. The van der Waals surface area contributed by atoms with Crippen LogP contribution in [0.4, 0.5) is 0 Å². The van der Waals surface area contributed by atoms with Gasteiger partial charge in [-0.05, 0) is 64.8 Å². The summed E-state index contributed by atoms with van der Waals surface area (Å²) in [6.45, 7) is 2.01. The van der Waals surface area contributed by atoms with Crippen LogP contribution < -0.4 is 5.73 Å². The van der Waals surface area contributed by atoms with E-state index in [0.29, 0.717) is 0 Å². The molecular formula is C13H14BrN3S. The second-order valence-corrected chi connectivity index (χ2v) is 5.94. The Hall–Kier alpha value is -0.910. The van der Waals surface area contributed by atoms with Gasteiger partial charge in [0.1, 0.15) is 0 Å². The number of halogens is 1. The lowest BCUT2D eigenvalue weighted by Crippen LogP contribution is -2.17. The Kier molecular flexibility index (Phi) is 4.74. The van der Waals surface area contributed by atoms with Crippen molar-refractivity contribution in [3.05, 3.63) is 46.7 Å². The summed E-state index contributed by atoms with van der Waals surface area (Å²) in [4.78, 5) is 9.50. The first-order valence-corrected chi connectivity index (χ1v) is 7.25. The molecule has 0 saturated carbocycles. The fraction of sp³-hybridized carbons (Fsp3) is 0.231. The minimum Gasteiger partial charge on any atom is -0.328 e. The second kappa shape index (κ2) is 6.31. The number of hydrogen-bond donors (Lipinski definition) is 1. The van der Waals surface area contributed by atoms with Crippen LogP contribution in [-0.2, 0) is 6.42 Å². The molecule has 1 atom stereocenters. The number of benzene rings is 1. The van der Waals surface area contributed by atoms with E-state index in [-0.39, 0.29) is 6.04 Å². The molecular weight excluding hydrogens is 310 g/mol. The average Bonchev–Trinajstić information content (AvgIpc) is 2.33. The third kappa shape index (κ3) is 3.80. The van der Waals surface area contributed by atoms with Gasteiger partial charge in [-0.15, -0.1) is 0 Å². The molecule has 2 N–H and O–H groups in total. The smallest absolute Gasteiger partial charge is 0.192 e. The van der Waals surface area contributed by atoms with Crippen LogP contribution in [0.3, 0.4) is 0 Å². The van der Waals surface area contributed by atoms with Gasteiger partial charge in [-0.1, -0.05) is 6.07 Å². The molecule has 2 aromatic rings. The van der Waals surface area contributed by atoms with Gasteiger partial charge in [0, 0.05) is 27.8 Å². The Morgan fingerprint density at radius 3 is 2.67 bits per heavy atom. The van der Waals surface area contributed by atoms with Crippen molar-refractivity contribution in [2.75, 3.05) is 0 Å². The van der Waals surface area contributed by atoms with Crippen molar-refractivity contribution < 1.29 is 0 Å². The lowest BCUT2D eigenvalue weighted by molar-refractivity contribution is 0.737. The van der Waals surface area contributed by atoms with E-state index in [1.54, 1.807) is 24.2 Å². The molecule has 0 spiro atoms. The summed E-state index contributed by atoms with van der Waals surface area (Å²) in [6, 6.07) is 8.26. The molecule has 1 aromatic carbocycles. The van der Waals surface area contributed by atoms with E-state index >= 15 is 0 Å². The van der Waals surface area contributed by atoms with Crippen LogP contribution in [0, 0.1) is 0 Å². The molecule has 0 fully saturated rings. The minimum atomic E-state index is 0.174. The van der Waals surface area contributed by atoms with Crippen molar-refractivity contribution in [3.8, 4) is 0 Å². The van der Waals surface area contributed by atoms with Gasteiger partial charge < -0.3 is 5.73 Å². The van der Waals surface area contributed by atoms with Gasteiger partial charge >= 0.3 is 0 Å². The molecule has 1 heterocycles. The average molecular weight is 324 g/mol. The zero-order valence-electron chi connectivity index (χ0n) is 10.0. The van der Waals surface area contributed by atoms with Crippen LogP contribution in [0.2, 0.25) is 0 Å². The van der Waals surface area contributed by atoms with Crippen molar-refractivity contribution in [1.82, 2.24) is 9.97 Å². The van der Waals surface area contributed by atoms with E-state index in [0.717, 1.165) is 20.9 Å². The number of nitrogens with two attached hydrogens (primary N) is 1. The van der Waals surface area contributed by atoms with Crippen LogP contribution in [0.25, 0.3) is 0 Å². The van der Waals surface area contributed by atoms with E-state index in [9.17, 15) is 0 Å². The highest BCUT2D eigenvalue weighted by Crippen LogP contribution is 2.32. The molecule has 0 aliphatic carbocycles. The van der Waals surface area contributed by atoms with Crippen molar-refractivity contribution >= 4 is 27.7 Å². The van der Waals surface area contributed by atoms with Gasteiger partial charge in [0.15, 0.2) is 5.16 Å². The third-order valence-electron chi connectivity index (χ3n) is 2.30. The van der Waals surface area contributed by atoms with Gasteiger partial charge in [0.05, 0.1) is 0 Å². The normalized spacial score (nSPS) is 12.4. The predicted molar refractivity (Wildman–Crippen MR) is 77.7 cm³/mol. The molecule has 0 saturated heterocycles. The first kappa shape index (κ1) is 13.5. The summed E-state index contributed by atoms with van der Waals surface area (Å²) in [7, 11) is 0. The third-order valence-corrected chi connectivity index (χ3v) is 4.19. The lowest BCUT2D eigenvalue weighted by atomic mass is 10.1. The Morgan fingerprint density at radius 2 is 2.06 bits per heavy atom. The molecule has 0 bridgehead atoms. The molecule has 0 radical (unpaired) electrons. The maximum Gasteiger partial charge on any atom is 0.192 e. The Labute approximate surface area is 119 Å². The largest absolute Gasteiger partial charge is 0.328 e. The molecule has 0 amide bonds. The topological polar surface area (TPSA) is 51.8 Å². The van der Waals surface area contributed by atoms with Crippen LogP contribution in [-0.4, -0.2) is 16.0 Å². The van der Waals surface area contributed by atoms with Crippen LogP contribution in [0.1, 0.15) is 12.5 Å². The fourth-order valence-electron chi connectivity index (χ4n) is 1.56. The number of rotatable bonds is 4. The zero-order valence-corrected chi connectivity index (χ0v) is 12.4. The first-order valence-electron chi connectivity index (χ1n) is 5.64. The molecule has 94 valence electrons. The highest BCUT2D eigenvalue weighted by atomic mass is 79.9. The molecule has 1 unspecified atom stereocenters. The quantitative estimate of drug-likeness (QED) is 0.877. The summed E-state index contributed by atoms with van der Waals surface area (Å²) in [5, 5.41) is 0.748. The Morgan fingerprint density at radius 1 is 1.33 bits per heavy atom. The van der Waals surface area contributed by atoms with Crippen LogP contribution in [0.5, 0.6) is 0 Å². The zero-order chi connectivity index (χ0) is 13.0. The van der Waals surface area contributed by atoms with Crippen LogP contribution >= 0.6 is 27.7 Å². The lowest BCUT2D eigenvalue weighted by Gasteiger charge is -2.08. The molecule has 0 aliphatic rings. The summed E-state index contributed by atoms with van der Waals surface area (Å²) >= 11 is 5.12. The van der Waals surface area contributed by atoms with E-state index in [1.165, 1.54) is 5.56 Å². The maximum atomic E-state index is 5.80. The molecule has 0 aliphatic heterocycles. The van der Waals surface area contributed by atoms with Crippen LogP contribution in [0.15, 0.2) is 51.2 Å². The Bertz CT molecular complexity index is 517. The monoisotopic (exact) mass is 323 g/mol. The van der Waals surface area contributed by atoms with Gasteiger partial charge in [-0.2, -0.15) is 0 Å². The second-order valence-electron chi connectivity index (χ2n) is 4.08. The molecule has 18 heavy (non-hydrogen) atoms. The predicted octanol–water partition coefficient (Wildman–Crippen LogP) is 3.28. The number of nitrogens with zero attached hydrogens (tertiary/aromatic N) is 2. The fourth-order valence-corrected chi connectivity index (χ4v) is 2.95. The van der Waals surface area contributed by atoms with Crippen molar-refractivity contribution in [3.63, 3.8) is 0 Å². The van der Waals surface area contributed by atoms with Gasteiger partial charge in [0.25, 0.3) is 0 Å². The summed E-state index contributed by atoms with van der Waals surface area (Å²) in [6.07, 6.45) is 4.37. The molecule has 5 heteroatoms. The van der Waals surface area contributed by atoms with Gasteiger partial charge in [0.2, 0.25) is 0 Å². The van der Waals surface area contributed by atoms with Gasteiger partial charge in [-0.3, -0.25) is 0 Å². The first-order chi connectivity index (χ1) is 8.65. The van der Waals surface area contributed by atoms with Crippen molar-refractivity contribution in [1.29, 1.82) is 0 Å². The maximum absolute atomic E-state index is 5.80. The summed E-state index contributed by atoms with van der Waals surface area (Å²) < 4.78 is 1.05. The van der Waals surface area contributed by atoms with Gasteiger partial charge in [-0.25, -0.2) is 9.97 Å². The minimum absolute atomic E-state index is 0.174. The standard InChI is InChI=1S/C13H14BrN3S/c1-9(15)7-10-3-4-12(11(14)8-10)18-13-16-5-2-6-17-13/h2-6,8-9H,7,15H2,1H3. The van der Waals surface area contributed by atoms with E-state index in [2.05, 4.69) is 44.1 Å². The van der Waals surface area contributed by atoms with E-state index < -0.39 is 0 Å². The molecule has 1 aromatic heterocycles. The summed E-state index contributed by atoms with van der Waals surface area (Å²) in [5.74, 6) is 0. The van der Waals surface area contributed by atoms with E-state index in [1.807, 2.05) is 13.0 Å². The molecule has 2 rings (SSSR count). The van der Waals surface area contributed by atoms with Crippen molar-refractivity contribution in [2.45, 2.75) is 29.4 Å². The summed E-state index contributed by atoms with van der Waals surface area (Å²) in [5.41, 5.74) is 7.03. The number of hydrogen-bond acceptors (Lipinski definition) is 4.